The van der Waals surface area contributed by atoms with E-state index in [9.17, 15) is 0 Å². The quantitative estimate of drug-likeness (QED) is 0.182. The molecule has 40 valence electrons. The lowest BCUT2D eigenvalue weighted by Crippen LogP contribution is -2.28. The lowest BCUT2D eigenvalue weighted by atomic mass is 11.1. The number of nitrogens with two attached hydrogens (primary N) is 1. The van der Waals surface area contributed by atoms with Crippen LogP contribution in [0.15, 0.2) is 5.34 Å². The van der Waals surface area contributed by atoms with Crippen molar-refractivity contribution in [2.45, 2.75) is 0 Å². The number of hydrogen-bond acceptors (Lipinski definition) is 4. The van der Waals surface area contributed by atoms with Gasteiger partial charge < -0.3 is 5.73 Å². The number of guanidine groups is 1. The third-order valence-electron chi connectivity index (χ3n) is 0.193. The Kier molecular flexibility index (Phi) is 2.34. The lowest BCUT2D eigenvalue weighted by molar-refractivity contribution is 0.0870. The molecule has 6 heteroatoms. The minimum atomic E-state index is -0.459. The normalized spacial score (nSPS) is 6.86. The Morgan fingerprint density at radius 1 is 2.00 bits per heavy atom. The molecule has 7 heavy (non-hydrogen) atoms. The van der Waals surface area contributed by atoms with Gasteiger partial charge in [0.2, 0.25) is 5.96 Å². The van der Waals surface area contributed by atoms with Crippen molar-refractivity contribution in [3.05, 3.63) is 4.91 Å². The van der Waals surface area contributed by atoms with Crippen molar-refractivity contribution < 1.29 is 4.94 Å². The summed E-state index contributed by atoms with van der Waals surface area (Å²) in [6, 6.07) is 0. The maximum absolute atomic E-state index is 9.02. The molecule has 0 aliphatic carbocycles. The highest BCUT2D eigenvalue weighted by molar-refractivity contribution is 5.72. The molecule has 0 aromatic rings. The van der Waals surface area contributed by atoms with E-state index in [2.05, 4.69) is 10.7 Å². The Hall–Kier alpha value is -1.33. The van der Waals surface area contributed by atoms with Crippen molar-refractivity contribution in [1.29, 1.82) is 5.41 Å². The lowest BCUT2D eigenvalue weighted by Gasteiger charge is -1.90. The van der Waals surface area contributed by atoms with Crippen LogP contribution in [0.4, 0.5) is 0 Å². The van der Waals surface area contributed by atoms with Gasteiger partial charge in [0.05, 0.1) is 0 Å². The van der Waals surface area contributed by atoms with Crippen molar-refractivity contribution in [3.8, 4) is 0 Å². The summed E-state index contributed by atoms with van der Waals surface area (Å²) in [6.07, 6.45) is 0. The van der Waals surface area contributed by atoms with Crippen molar-refractivity contribution in [3.63, 3.8) is 0 Å². The van der Waals surface area contributed by atoms with E-state index in [4.69, 9.17) is 10.3 Å². The van der Waals surface area contributed by atoms with Crippen LogP contribution in [-0.4, -0.2) is 5.96 Å². The van der Waals surface area contributed by atoms with Crippen molar-refractivity contribution >= 4 is 5.96 Å². The molecule has 0 radical (unpaired) electrons. The second-order valence-corrected chi connectivity index (χ2v) is 0.682. The third-order valence-corrected chi connectivity index (χ3v) is 0.193. The molecule has 0 aromatic carbocycles. The predicted molar refractivity (Wildman–Crippen MR) is 21.9 cm³/mol. The van der Waals surface area contributed by atoms with Gasteiger partial charge in [0, 0.05) is 0 Å². The first-order valence-electron chi connectivity index (χ1n) is 1.36. The zero-order valence-electron chi connectivity index (χ0n) is 3.34. The van der Waals surface area contributed by atoms with Crippen LogP contribution in [0, 0.1) is 10.3 Å². The SMILES string of the molecule is N=C(N)NON=O. The van der Waals surface area contributed by atoms with Crippen LogP contribution in [0.1, 0.15) is 0 Å². The van der Waals surface area contributed by atoms with Crippen LogP contribution in [0.5, 0.6) is 0 Å². The summed E-state index contributed by atoms with van der Waals surface area (Å²) in [7, 11) is 0. The van der Waals surface area contributed by atoms with Crippen LogP contribution in [-0.2, 0) is 4.94 Å². The van der Waals surface area contributed by atoms with E-state index in [1.165, 1.54) is 0 Å². The number of nitrogens with one attached hydrogen (secondary N) is 2. The summed E-state index contributed by atoms with van der Waals surface area (Å²) < 4.78 is 0. The molecule has 0 saturated heterocycles. The highest BCUT2D eigenvalue weighted by Gasteiger charge is 1.79. The van der Waals surface area contributed by atoms with Gasteiger partial charge in [-0.2, -0.15) is 5.48 Å². The number of nitrogens with zero attached hydrogens (tertiary/aromatic N) is 1. The van der Waals surface area contributed by atoms with E-state index < -0.39 is 5.96 Å². The van der Waals surface area contributed by atoms with Crippen LogP contribution >= 0.6 is 0 Å². The van der Waals surface area contributed by atoms with Crippen LogP contribution < -0.4 is 11.2 Å². The molecule has 0 unspecified atom stereocenters. The molecule has 0 bridgehead atoms. The summed E-state index contributed by atoms with van der Waals surface area (Å²) in [6.45, 7) is 0. The molecular formula is CH4N4O2. The number of rotatable bonds is 2. The van der Waals surface area contributed by atoms with Crippen molar-refractivity contribution in [2.24, 2.45) is 11.1 Å². The van der Waals surface area contributed by atoms with Crippen molar-refractivity contribution in [1.82, 2.24) is 5.48 Å². The average Bonchev–Trinajstić information content (AvgIpc) is 1.61. The van der Waals surface area contributed by atoms with Gasteiger partial charge in [-0.25, -0.2) is 4.94 Å². The fourth-order valence-electron chi connectivity index (χ4n) is 0.0678. The van der Waals surface area contributed by atoms with Crippen LogP contribution in [0.2, 0.25) is 0 Å². The van der Waals surface area contributed by atoms with Gasteiger partial charge in [0.1, 0.15) is 0 Å². The zero-order valence-corrected chi connectivity index (χ0v) is 3.34. The number of hydrogen-bond donors (Lipinski definition) is 3. The Balaban J connectivity index is 2.97. The van der Waals surface area contributed by atoms with Gasteiger partial charge >= 0.3 is 0 Å². The molecule has 6 nitrogen and oxygen atoms in total. The number of hydroxylamine groups is 1. The molecule has 0 rings (SSSR count). The monoisotopic (exact) mass is 104 g/mol. The predicted octanol–water partition coefficient (Wildman–Crippen LogP) is -0.918. The van der Waals surface area contributed by atoms with E-state index in [0.29, 0.717) is 0 Å². The average molecular weight is 104 g/mol. The van der Waals surface area contributed by atoms with Gasteiger partial charge in [-0.15, -0.1) is 4.91 Å². The van der Waals surface area contributed by atoms with Gasteiger partial charge in [0.25, 0.3) is 0 Å². The molecule has 0 fully saturated rings. The molecule has 0 amide bonds. The maximum Gasteiger partial charge on any atom is 0.221 e. The van der Waals surface area contributed by atoms with E-state index in [-0.39, 0.29) is 0 Å². The Morgan fingerprint density at radius 3 is 2.71 bits per heavy atom. The molecular weight excluding hydrogens is 100 g/mol. The van der Waals surface area contributed by atoms with E-state index in [1.807, 2.05) is 5.34 Å². The minimum Gasteiger partial charge on any atom is -0.368 e. The minimum absolute atomic E-state index is 0.459. The largest absolute Gasteiger partial charge is 0.368 e. The zero-order chi connectivity index (χ0) is 5.70. The summed E-state index contributed by atoms with van der Waals surface area (Å²) >= 11 is 0. The Bertz CT molecular complexity index is 79.8. The highest BCUT2D eigenvalue weighted by Crippen LogP contribution is 1.58. The van der Waals surface area contributed by atoms with Gasteiger partial charge in [0.15, 0.2) is 5.34 Å². The first kappa shape index (κ1) is 5.67. The molecule has 0 aliphatic heterocycles. The van der Waals surface area contributed by atoms with Gasteiger partial charge in [-0.1, -0.05) is 0 Å². The summed E-state index contributed by atoms with van der Waals surface area (Å²) in [4.78, 5) is 12.6. The standard InChI is InChI=1S/CH4N4O2/c2-1(3)4-7-5-6/h(H4,2,3,4). The van der Waals surface area contributed by atoms with Crippen LogP contribution in [0.3, 0.4) is 0 Å². The second kappa shape index (κ2) is 2.88. The van der Waals surface area contributed by atoms with Gasteiger partial charge in [-0.3, -0.25) is 5.41 Å². The molecule has 0 aliphatic rings. The molecule has 0 heterocycles. The van der Waals surface area contributed by atoms with E-state index in [1.54, 1.807) is 5.48 Å². The summed E-state index contributed by atoms with van der Waals surface area (Å²) in [5.41, 5.74) is 6.30. The highest BCUT2D eigenvalue weighted by atomic mass is 16.8. The smallest absolute Gasteiger partial charge is 0.221 e. The summed E-state index contributed by atoms with van der Waals surface area (Å²) in [5.74, 6) is -0.459. The molecule has 0 atom stereocenters. The fraction of sp³-hybridized carbons (Fsp3) is 0. The maximum atomic E-state index is 9.02. The summed E-state index contributed by atoms with van der Waals surface area (Å²) in [5, 5.41) is 8.23. The fourth-order valence-corrected chi connectivity index (χ4v) is 0.0678. The van der Waals surface area contributed by atoms with E-state index >= 15 is 0 Å². The van der Waals surface area contributed by atoms with Crippen molar-refractivity contribution in [2.75, 3.05) is 0 Å². The van der Waals surface area contributed by atoms with Crippen LogP contribution in [0.25, 0.3) is 0 Å². The topological polar surface area (TPSA) is 101 Å². The molecule has 0 saturated carbocycles. The second-order valence-electron chi connectivity index (χ2n) is 0.682. The third kappa shape index (κ3) is 4.67. The molecule has 0 spiro atoms. The van der Waals surface area contributed by atoms with Gasteiger partial charge in [-0.05, 0) is 0 Å². The molecule has 4 N–H and O–H groups in total. The van der Waals surface area contributed by atoms with E-state index in [0.717, 1.165) is 0 Å². The molecule has 0 aromatic heterocycles. The Morgan fingerprint density at radius 2 is 2.57 bits per heavy atom. The Labute approximate surface area is 39.0 Å². The first-order valence-corrected chi connectivity index (χ1v) is 1.36. The first-order chi connectivity index (χ1) is 3.27.